The molecule has 9 nitrogen and oxygen atoms in total. The molecule has 1 fully saturated rings. The molecule has 1 aliphatic rings. The van der Waals surface area contributed by atoms with Gasteiger partial charge in [-0.15, -0.1) is 0 Å². The van der Waals surface area contributed by atoms with Crippen LogP contribution in [-0.2, 0) is 21.2 Å². The van der Waals surface area contributed by atoms with Gasteiger partial charge in [-0.2, -0.15) is 4.31 Å². The average Bonchev–Trinajstić information content (AvgIpc) is 2.72. The number of methoxy groups -OCH3 is 1. The number of amides is 2. The lowest BCUT2D eigenvalue weighted by Crippen LogP contribution is -2.51. The standard InChI is InChI=1S/C20H26N4O5S/c1-3-12-30(27,28)24-10-8-23(9-11-24)17(25)13-16-18(20(21)26)19(29-2)14-6-4-5-7-15(14)22-16/h4-7H,3,8-13H2,1-2H3,(H2,21,26). The lowest BCUT2D eigenvalue weighted by Gasteiger charge is -2.34. The Morgan fingerprint density at radius 2 is 1.83 bits per heavy atom. The number of rotatable bonds is 7. The predicted octanol–water partition coefficient (Wildman–Crippen LogP) is 0.769. The maximum Gasteiger partial charge on any atom is 0.254 e. The fraction of sp³-hybridized carbons (Fsp3) is 0.450. The molecule has 0 unspecified atom stereocenters. The zero-order chi connectivity index (χ0) is 21.9. The number of carbonyl (C=O) groups is 2. The number of ether oxygens (including phenoxy) is 1. The van der Waals surface area contributed by atoms with Gasteiger partial charge in [0.1, 0.15) is 11.3 Å². The number of primary amides is 1. The molecule has 10 heteroatoms. The summed E-state index contributed by atoms with van der Waals surface area (Å²) in [6.07, 6.45) is 0.425. The zero-order valence-electron chi connectivity index (χ0n) is 17.1. The number of para-hydroxylation sites is 1. The Hall–Kier alpha value is -2.72. The van der Waals surface area contributed by atoms with E-state index in [9.17, 15) is 18.0 Å². The molecule has 1 saturated heterocycles. The van der Waals surface area contributed by atoms with Crippen LogP contribution in [0.15, 0.2) is 24.3 Å². The molecule has 0 bridgehead atoms. The van der Waals surface area contributed by atoms with Gasteiger partial charge >= 0.3 is 0 Å². The van der Waals surface area contributed by atoms with Crippen LogP contribution in [0.3, 0.4) is 0 Å². The fourth-order valence-corrected chi connectivity index (χ4v) is 5.18. The van der Waals surface area contributed by atoms with Crippen molar-refractivity contribution in [2.24, 2.45) is 5.73 Å². The minimum Gasteiger partial charge on any atom is -0.495 e. The van der Waals surface area contributed by atoms with Crippen LogP contribution in [0.5, 0.6) is 5.75 Å². The summed E-state index contributed by atoms with van der Waals surface area (Å²) in [5, 5.41) is 0.639. The molecule has 1 aromatic carbocycles. The predicted molar refractivity (Wildman–Crippen MR) is 113 cm³/mol. The van der Waals surface area contributed by atoms with E-state index in [1.165, 1.54) is 11.4 Å². The molecule has 0 spiro atoms. The van der Waals surface area contributed by atoms with Crippen molar-refractivity contribution in [2.45, 2.75) is 19.8 Å². The maximum atomic E-state index is 12.9. The van der Waals surface area contributed by atoms with Crippen LogP contribution in [-0.4, -0.2) is 73.5 Å². The number of hydrogen-bond donors (Lipinski definition) is 1. The summed E-state index contributed by atoms with van der Waals surface area (Å²) in [6.45, 7) is 2.91. The second-order valence-electron chi connectivity index (χ2n) is 7.12. The lowest BCUT2D eigenvalue weighted by atomic mass is 10.0. The van der Waals surface area contributed by atoms with Crippen LogP contribution >= 0.6 is 0 Å². The van der Waals surface area contributed by atoms with Crippen LogP contribution in [0.1, 0.15) is 29.4 Å². The van der Waals surface area contributed by atoms with E-state index in [4.69, 9.17) is 10.5 Å². The van der Waals surface area contributed by atoms with E-state index in [0.29, 0.717) is 36.2 Å². The summed E-state index contributed by atoms with van der Waals surface area (Å²) < 4.78 is 31.3. The Labute approximate surface area is 175 Å². The molecule has 0 aliphatic carbocycles. The van der Waals surface area contributed by atoms with E-state index in [2.05, 4.69) is 4.98 Å². The number of aromatic nitrogens is 1. The highest BCUT2D eigenvalue weighted by atomic mass is 32.2. The number of nitrogens with zero attached hydrogens (tertiary/aromatic N) is 3. The van der Waals surface area contributed by atoms with Crippen LogP contribution in [0.2, 0.25) is 0 Å². The first-order valence-electron chi connectivity index (χ1n) is 9.79. The van der Waals surface area contributed by atoms with Crippen LogP contribution in [0, 0.1) is 0 Å². The molecule has 2 aromatic rings. The normalized spacial score (nSPS) is 15.3. The number of piperazine rings is 1. The first kappa shape index (κ1) is 22.0. The number of fused-ring (bicyclic) bond motifs is 1. The van der Waals surface area contributed by atoms with Gasteiger partial charge in [0.2, 0.25) is 15.9 Å². The smallest absolute Gasteiger partial charge is 0.254 e. The largest absolute Gasteiger partial charge is 0.495 e. The Balaban J connectivity index is 1.82. The first-order valence-corrected chi connectivity index (χ1v) is 11.4. The monoisotopic (exact) mass is 434 g/mol. The van der Waals surface area contributed by atoms with E-state index in [1.807, 2.05) is 6.92 Å². The quantitative estimate of drug-likeness (QED) is 0.687. The highest BCUT2D eigenvalue weighted by molar-refractivity contribution is 7.89. The molecule has 2 amide bonds. The van der Waals surface area contributed by atoms with Crippen LogP contribution in [0.25, 0.3) is 10.9 Å². The van der Waals surface area contributed by atoms with Gasteiger partial charge in [-0.3, -0.25) is 14.6 Å². The highest BCUT2D eigenvalue weighted by Crippen LogP contribution is 2.31. The second kappa shape index (κ2) is 8.97. The molecule has 30 heavy (non-hydrogen) atoms. The Morgan fingerprint density at radius 1 is 1.17 bits per heavy atom. The molecule has 2 heterocycles. The molecule has 1 aromatic heterocycles. The third-order valence-corrected chi connectivity index (χ3v) is 7.21. The molecule has 3 rings (SSSR count). The van der Waals surface area contributed by atoms with Crippen molar-refractivity contribution in [3.63, 3.8) is 0 Å². The molecule has 2 N–H and O–H groups in total. The lowest BCUT2D eigenvalue weighted by molar-refractivity contribution is -0.131. The van der Waals surface area contributed by atoms with E-state index in [1.54, 1.807) is 29.2 Å². The third kappa shape index (κ3) is 4.39. The molecule has 1 aliphatic heterocycles. The zero-order valence-corrected chi connectivity index (χ0v) is 17.9. The summed E-state index contributed by atoms with van der Waals surface area (Å²) in [7, 11) is -1.85. The van der Waals surface area contributed by atoms with Crippen molar-refractivity contribution in [2.75, 3.05) is 39.0 Å². The van der Waals surface area contributed by atoms with E-state index < -0.39 is 15.9 Å². The topological polar surface area (TPSA) is 123 Å². The molecule has 0 atom stereocenters. The van der Waals surface area contributed by atoms with E-state index in [0.717, 1.165) is 0 Å². The summed E-state index contributed by atoms with van der Waals surface area (Å²) in [4.78, 5) is 31.1. The highest BCUT2D eigenvalue weighted by Gasteiger charge is 2.29. The maximum absolute atomic E-state index is 12.9. The van der Waals surface area contributed by atoms with E-state index >= 15 is 0 Å². The summed E-state index contributed by atoms with van der Waals surface area (Å²) in [5.74, 6) is -0.561. The first-order chi connectivity index (χ1) is 14.3. The number of sulfonamides is 1. The van der Waals surface area contributed by atoms with Gasteiger partial charge in [-0.1, -0.05) is 19.1 Å². The minimum absolute atomic E-state index is 0.0914. The van der Waals surface area contributed by atoms with Gasteiger partial charge in [0.15, 0.2) is 0 Å². The molecule has 0 radical (unpaired) electrons. The van der Waals surface area contributed by atoms with Gasteiger partial charge in [-0.05, 0) is 18.6 Å². The molecular formula is C20H26N4O5S. The Bertz CT molecular complexity index is 1060. The average molecular weight is 435 g/mol. The number of hydrogen-bond acceptors (Lipinski definition) is 6. The summed E-state index contributed by atoms with van der Waals surface area (Å²) in [6, 6.07) is 7.15. The Morgan fingerprint density at radius 3 is 2.43 bits per heavy atom. The number of benzene rings is 1. The molecule has 162 valence electrons. The summed E-state index contributed by atoms with van der Waals surface area (Å²) >= 11 is 0. The minimum atomic E-state index is -3.29. The van der Waals surface area contributed by atoms with Crippen molar-refractivity contribution < 1.29 is 22.7 Å². The second-order valence-corrected chi connectivity index (χ2v) is 9.21. The van der Waals surface area contributed by atoms with Gasteiger partial charge in [0.25, 0.3) is 5.91 Å². The van der Waals surface area contributed by atoms with Crippen molar-refractivity contribution in [3.05, 3.63) is 35.5 Å². The van der Waals surface area contributed by atoms with Crippen molar-refractivity contribution in [1.82, 2.24) is 14.2 Å². The van der Waals surface area contributed by atoms with Gasteiger partial charge in [-0.25, -0.2) is 8.42 Å². The van der Waals surface area contributed by atoms with Gasteiger partial charge in [0, 0.05) is 31.6 Å². The van der Waals surface area contributed by atoms with Gasteiger partial charge < -0.3 is 15.4 Å². The van der Waals surface area contributed by atoms with Crippen molar-refractivity contribution in [3.8, 4) is 5.75 Å². The number of carbonyl (C=O) groups excluding carboxylic acids is 2. The van der Waals surface area contributed by atoms with Crippen LogP contribution < -0.4 is 10.5 Å². The molecule has 0 saturated carbocycles. The van der Waals surface area contributed by atoms with Crippen molar-refractivity contribution >= 4 is 32.7 Å². The summed E-state index contributed by atoms with van der Waals surface area (Å²) in [5.41, 5.74) is 6.51. The van der Waals surface area contributed by atoms with Crippen molar-refractivity contribution in [1.29, 1.82) is 0 Å². The van der Waals surface area contributed by atoms with Gasteiger partial charge in [0.05, 0.1) is 30.5 Å². The van der Waals surface area contributed by atoms with E-state index in [-0.39, 0.29) is 42.4 Å². The number of nitrogens with two attached hydrogens (primary N) is 1. The van der Waals surface area contributed by atoms with Crippen LogP contribution in [0.4, 0.5) is 0 Å². The molecular weight excluding hydrogens is 408 g/mol. The Kier molecular flexibility index (Phi) is 6.57. The SMILES string of the molecule is CCCS(=O)(=O)N1CCN(C(=O)Cc2nc3ccccc3c(OC)c2C(N)=O)CC1. The number of pyridine rings is 1. The fourth-order valence-electron chi connectivity index (χ4n) is 3.68. The third-order valence-electron chi connectivity index (χ3n) is 5.14.